The van der Waals surface area contributed by atoms with Gasteiger partial charge in [0.25, 0.3) is 0 Å². The lowest BCUT2D eigenvalue weighted by Crippen LogP contribution is -2.24. The molecule has 0 radical (unpaired) electrons. The van der Waals surface area contributed by atoms with Crippen molar-refractivity contribution in [2.24, 2.45) is 0 Å². The minimum Gasteiger partial charge on any atom is -0.395 e. The van der Waals surface area contributed by atoms with E-state index in [-0.39, 0.29) is 0 Å². The highest BCUT2D eigenvalue weighted by Crippen LogP contribution is 2.02. The SMILES string of the molecule is CC.CC.OC[C@@H]1CCCN1. The van der Waals surface area contributed by atoms with Crippen LogP contribution in [0, 0.1) is 0 Å². The summed E-state index contributed by atoms with van der Waals surface area (Å²) in [5.74, 6) is 0. The smallest absolute Gasteiger partial charge is 0.0584 e. The normalized spacial score (nSPS) is 21.0. The topological polar surface area (TPSA) is 32.3 Å². The van der Waals surface area contributed by atoms with Crippen molar-refractivity contribution in [3.63, 3.8) is 0 Å². The molecule has 2 heteroatoms. The molecule has 1 aliphatic rings. The van der Waals surface area contributed by atoms with E-state index in [2.05, 4.69) is 5.32 Å². The van der Waals surface area contributed by atoms with Crippen molar-refractivity contribution in [3.8, 4) is 0 Å². The van der Waals surface area contributed by atoms with Crippen molar-refractivity contribution in [2.45, 2.75) is 46.6 Å². The van der Waals surface area contributed by atoms with Crippen LogP contribution in [-0.2, 0) is 0 Å². The summed E-state index contributed by atoms with van der Waals surface area (Å²) in [4.78, 5) is 0. The fourth-order valence-electron chi connectivity index (χ4n) is 0.913. The Morgan fingerprint density at radius 1 is 1.27 bits per heavy atom. The fourth-order valence-corrected chi connectivity index (χ4v) is 0.913. The van der Waals surface area contributed by atoms with Gasteiger partial charge in [-0.05, 0) is 19.4 Å². The second-order valence-corrected chi connectivity index (χ2v) is 1.98. The van der Waals surface area contributed by atoms with E-state index in [1.807, 2.05) is 27.7 Å². The highest BCUT2D eigenvalue weighted by atomic mass is 16.3. The van der Waals surface area contributed by atoms with E-state index in [1.54, 1.807) is 0 Å². The van der Waals surface area contributed by atoms with E-state index in [0.717, 1.165) is 13.0 Å². The van der Waals surface area contributed by atoms with Crippen molar-refractivity contribution in [1.29, 1.82) is 0 Å². The Hall–Kier alpha value is -0.0800. The van der Waals surface area contributed by atoms with E-state index in [0.29, 0.717) is 12.6 Å². The second kappa shape index (κ2) is 12.6. The van der Waals surface area contributed by atoms with Crippen LogP contribution in [0.4, 0.5) is 0 Å². The van der Waals surface area contributed by atoms with E-state index in [9.17, 15) is 0 Å². The van der Waals surface area contributed by atoms with Crippen molar-refractivity contribution < 1.29 is 5.11 Å². The van der Waals surface area contributed by atoms with Crippen LogP contribution in [0.5, 0.6) is 0 Å². The maximum Gasteiger partial charge on any atom is 0.0584 e. The largest absolute Gasteiger partial charge is 0.395 e. The summed E-state index contributed by atoms with van der Waals surface area (Å²) < 4.78 is 0. The molecule has 0 aromatic carbocycles. The molecule has 2 N–H and O–H groups in total. The average molecular weight is 161 g/mol. The molecule has 1 aliphatic heterocycles. The lowest BCUT2D eigenvalue weighted by Gasteiger charge is -2.01. The summed E-state index contributed by atoms with van der Waals surface area (Å²) >= 11 is 0. The van der Waals surface area contributed by atoms with E-state index >= 15 is 0 Å². The van der Waals surface area contributed by atoms with Crippen LogP contribution < -0.4 is 5.32 Å². The van der Waals surface area contributed by atoms with Gasteiger partial charge >= 0.3 is 0 Å². The first kappa shape index (κ1) is 13.5. The minimum absolute atomic E-state index is 0.306. The van der Waals surface area contributed by atoms with Crippen LogP contribution in [0.15, 0.2) is 0 Å². The molecule has 0 aliphatic carbocycles. The van der Waals surface area contributed by atoms with Crippen molar-refractivity contribution >= 4 is 0 Å². The van der Waals surface area contributed by atoms with Crippen LogP contribution in [0.1, 0.15) is 40.5 Å². The third kappa shape index (κ3) is 7.82. The quantitative estimate of drug-likeness (QED) is 0.614. The van der Waals surface area contributed by atoms with Gasteiger partial charge in [0.2, 0.25) is 0 Å². The van der Waals surface area contributed by atoms with Gasteiger partial charge < -0.3 is 10.4 Å². The maximum absolute atomic E-state index is 8.50. The zero-order valence-corrected chi connectivity index (χ0v) is 8.35. The molecule has 11 heavy (non-hydrogen) atoms. The number of aliphatic hydroxyl groups excluding tert-OH is 1. The van der Waals surface area contributed by atoms with Gasteiger partial charge in [-0.3, -0.25) is 0 Å². The minimum atomic E-state index is 0.306. The molecular formula is C9H23NO. The molecule has 70 valence electrons. The standard InChI is InChI=1S/C5H11NO.2C2H6/c7-4-5-2-1-3-6-5;2*1-2/h5-7H,1-4H2;2*1-2H3/t5-;;/m0../s1. The summed E-state index contributed by atoms with van der Waals surface area (Å²) in [5, 5.41) is 11.7. The number of hydrogen-bond donors (Lipinski definition) is 2. The van der Waals surface area contributed by atoms with Crippen LogP contribution in [0.25, 0.3) is 0 Å². The predicted molar refractivity (Wildman–Crippen MR) is 50.8 cm³/mol. The number of nitrogens with one attached hydrogen (secondary N) is 1. The lowest BCUT2D eigenvalue weighted by atomic mass is 10.2. The van der Waals surface area contributed by atoms with E-state index in [4.69, 9.17) is 5.11 Å². The Bertz CT molecular complexity index is 51.5. The summed E-state index contributed by atoms with van der Waals surface area (Å²) in [6.45, 7) is 9.39. The molecule has 0 unspecified atom stereocenters. The van der Waals surface area contributed by atoms with Crippen LogP contribution in [0.3, 0.4) is 0 Å². The van der Waals surface area contributed by atoms with Gasteiger partial charge in [-0.1, -0.05) is 27.7 Å². The Balaban J connectivity index is 0. The van der Waals surface area contributed by atoms with Gasteiger partial charge in [-0.2, -0.15) is 0 Å². The molecule has 1 rings (SSSR count). The summed E-state index contributed by atoms with van der Waals surface area (Å²) in [5.41, 5.74) is 0. The fraction of sp³-hybridized carbons (Fsp3) is 1.00. The van der Waals surface area contributed by atoms with Crippen LogP contribution in [0.2, 0.25) is 0 Å². The van der Waals surface area contributed by atoms with Gasteiger partial charge in [-0.15, -0.1) is 0 Å². The van der Waals surface area contributed by atoms with E-state index in [1.165, 1.54) is 6.42 Å². The zero-order valence-electron chi connectivity index (χ0n) is 8.35. The molecule has 1 heterocycles. The molecule has 2 nitrogen and oxygen atoms in total. The molecule has 0 aromatic heterocycles. The molecule has 0 aromatic rings. The van der Waals surface area contributed by atoms with Crippen molar-refractivity contribution in [3.05, 3.63) is 0 Å². The monoisotopic (exact) mass is 161 g/mol. The third-order valence-corrected chi connectivity index (χ3v) is 1.38. The van der Waals surface area contributed by atoms with E-state index < -0.39 is 0 Å². The number of hydrogen-bond acceptors (Lipinski definition) is 2. The van der Waals surface area contributed by atoms with Crippen LogP contribution in [-0.4, -0.2) is 24.3 Å². The van der Waals surface area contributed by atoms with Gasteiger partial charge in [0.05, 0.1) is 6.61 Å². The summed E-state index contributed by atoms with van der Waals surface area (Å²) in [7, 11) is 0. The van der Waals surface area contributed by atoms with Gasteiger partial charge in [0, 0.05) is 6.04 Å². The molecule has 1 fully saturated rings. The first-order chi connectivity index (χ1) is 5.43. The highest BCUT2D eigenvalue weighted by molar-refractivity contribution is 4.71. The van der Waals surface area contributed by atoms with Crippen LogP contribution >= 0.6 is 0 Å². The van der Waals surface area contributed by atoms with Gasteiger partial charge in [0.1, 0.15) is 0 Å². The first-order valence-corrected chi connectivity index (χ1v) is 4.77. The maximum atomic E-state index is 8.50. The Kier molecular flexibility index (Phi) is 15.4. The predicted octanol–water partition coefficient (Wildman–Crippen LogP) is 1.78. The molecule has 0 bridgehead atoms. The summed E-state index contributed by atoms with van der Waals surface area (Å²) in [6.07, 6.45) is 2.38. The lowest BCUT2D eigenvalue weighted by molar-refractivity contribution is 0.255. The first-order valence-electron chi connectivity index (χ1n) is 4.77. The highest BCUT2D eigenvalue weighted by Gasteiger charge is 2.10. The third-order valence-electron chi connectivity index (χ3n) is 1.38. The van der Waals surface area contributed by atoms with Gasteiger partial charge in [0.15, 0.2) is 0 Å². The number of rotatable bonds is 1. The molecule has 0 amide bonds. The van der Waals surface area contributed by atoms with Gasteiger partial charge in [-0.25, -0.2) is 0 Å². The molecule has 0 saturated carbocycles. The van der Waals surface area contributed by atoms with Crippen molar-refractivity contribution in [2.75, 3.05) is 13.2 Å². The molecule has 1 atom stereocenters. The Morgan fingerprint density at radius 3 is 2.00 bits per heavy atom. The molecule has 1 saturated heterocycles. The zero-order chi connectivity index (χ0) is 9.11. The molecular weight excluding hydrogens is 138 g/mol. The number of aliphatic hydroxyl groups is 1. The Labute approximate surface area is 71.0 Å². The van der Waals surface area contributed by atoms with Crippen molar-refractivity contribution in [1.82, 2.24) is 5.32 Å². The summed E-state index contributed by atoms with van der Waals surface area (Å²) in [6, 6.07) is 0.403. The second-order valence-electron chi connectivity index (χ2n) is 1.98. The average Bonchev–Trinajstić information content (AvgIpc) is 2.63. The Morgan fingerprint density at radius 2 is 1.82 bits per heavy atom. The molecule has 0 spiro atoms.